The van der Waals surface area contributed by atoms with E-state index in [1.165, 1.54) is 0 Å². The Kier molecular flexibility index (Phi) is 6.87. The Hall–Kier alpha value is -1.55. The first-order valence-corrected chi connectivity index (χ1v) is 6.31. The summed E-state index contributed by atoms with van der Waals surface area (Å²) in [6.07, 6.45) is 1.55. The number of carbonyl (C=O) groups is 1. The van der Waals surface area contributed by atoms with Crippen LogP contribution in [0.15, 0.2) is 30.3 Å². The monoisotopic (exact) mass is 251 g/mol. The lowest BCUT2D eigenvalue weighted by molar-refractivity contribution is -0.121. The zero-order valence-corrected chi connectivity index (χ0v) is 10.8. The van der Waals surface area contributed by atoms with E-state index in [1.807, 2.05) is 30.3 Å². The summed E-state index contributed by atoms with van der Waals surface area (Å²) in [7, 11) is 0. The second-order valence-electron chi connectivity index (χ2n) is 4.25. The Bertz CT molecular complexity index is 338. The highest BCUT2D eigenvalue weighted by Crippen LogP contribution is 2.08. The normalized spacial score (nSPS) is 11.9. The number of nitrogens with one attached hydrogen (secondary N) is 1. The molecule has 100 valence electrons. The lowest BCUT2D eigenvalue weighted by Crippen LogP contribution is -2.26. The molecule has 0 radical (unpaired) electrons. The minimum atomic E-state index is -0.302. The predicted octanol–water partition coefficient (Wildman–Crippen LogP) is 1.73. The van der Waals surface area contributed by atoms with E-state index in [1.54, 1.807) is 6.92 Å². The quantitative estimate of drug-likeness (QED) is 0.692. The molecule has 1 atom stereocenters. The summed E-state index contributed by atoms with van der Waals surface area (Å²) < 4.78 is 5.42. The number of para-hydroxylation sites is 1. The highest BCUT2D eigenvalue weighted by molar-refractivity contribution is 5.75. The molecule has 1 aromatic rings. The third-order valence-electron chi connectivity index (χ3n) is 2.46. The number of aliphatic hydroxyl groups is 1. The van der Waals surface area contributed by atoms with Gasteiger partial charge in [-0.25, -0.2) is 0 Å². The van der Waals surface area contributed by atoms with Gasteiger partial charge >= 0.3 is 0 Å². The van der Waals surface area contributed by atoms with Gasteiger partial charge in [0, 0.05) is 6.54 Å². The highest BCUT2D eigenvalue weighted by Gasteiger charge is 2.02. The predicted molar refractivity (Wildman–Crippen MR) is 70.5 cm³/mol. The zero-order chi connectivity index (χ0) is 13.2. The van der Waals surface area contributed by atoms with E-state index in [2.05, 4.69) is 5.32 Å². The SMILES string of the molecule is CC(O)CCCNC(=O)CCOc1ccccc1. The number of rotatable bonds is 8. The van der Waals surface area contributed by atoms with Gasteiger partial charge in [-0.15, -0.1) is 0 Å². The van der Waals surface area contributed by atoms with Crippen LogP contribution in [0, 0.1) is 0 Å². The van der Waals surface area contributed by atoms with Gasteiger partial charge < -0.3 is 15.2 Å². The molecule has 0 aromatic heterocycles. The molecule has 1 rings (SSSR count). The van der Waals surface area contributed by atoms with Gasteiger partial charge in [-0.05, 0) is 31.9 Å². The van der Waals surface area contributed by atoms with Crippen LogP contribution >= 0.6 is 0 Å². The molecule has 2 N–H and O–H groups in total. The van der Waals surface area contributed by atoms with E-state index in [0.29, 0.717) is 26.0 Å². The van der Waals surface area contributed by atoms with Crippen molar-refractivity contribution in [1.29, 1.82) is 0 Å². The lowest BCUT2D eigenvalue weighted by Gasteiger charge is -2.07. The number of carbonyl (C=O) groups excluding carboxylic acids is 1. The van der Waals surface area contributed by atoms with Crippen molar-refractivity contribution in [1.82, 2.24) is 5.32 Å². The number of ether oxygens (including phenoxy) is 1. The lowest BCUT2D eigenvalue weighted by atomic mass is 10.2. The fraction of sp³-hybridized carbons (Fsp3) is 0.500. The molecule has 0 aliphatic heterocycles. The van der Waals surface area contributed by atoms with E-state index >= 15 is 0 Å². The van der Waals surface area contributed by atoms with Crippen LogP contribution in [0.5, 0.6) is 5.75 Å². The van der Waals surface area contributed by atoms with E-state index in [-0.39, 0.29) is 12.0 Å². The first-order chi connectivity index (χ1) is 8.68. The smallest absolute Gasteiger partial charge is 0.223 e. The van der Waals surface area contributed by atoms with Gasteiger partial charge in [0.2, 0.25) is 5.91 Å². The Morgan fingerprint density at radius 3 is 2.78 bits per heavy atom. The molecule has 1 amide bonds. The van der Waals surface area contributed by atoms with Gasteiger partial charge in [0.25, 0.3) is 0 Å². The standard InChI is InChI=1S/C14H21NO3/c1-12(16)6-5-10-15-14(17)9-11-18-13-7-3-2-4-8-13/h2-4,7-8,12,16H,5-6,9-11H2,1H3,(H,15,17). The Morgan fingerprint density at radius 2 is 2.11 bits per heavy atom. The van der Waals surface area contributed by atoms with Crippen molar-refractivity contribution in [3.05, 3.63) is 30.3 Å². The first kappa shape index (κ1) is 14.5. The summed E-state index contributed by atoms with van der Waals surface area (Å²) in [5.74, 6) is 0.760. The molecule has 0 heterocycles. The molecule has 18 heavy (non-hydrogen) atoms. The molecule has 0 spiro atoms. The third kappa shape index (κ3) is 6.91. The average molecular weight is 251 g/mol. The second-order valence-corrected chi connectivity index (χ2v) is 4.25. The van der Waals surface area contributed by atoms with E-state index < -0.39 is 0 Å². The number of benzene rings is 1. The summed E-state index contributed by atoms with van der Waals surface area (Å²) in [5.41, 5.74) is 0. The molecular weight excluding hydrogens is 230 g/mol. The molecule has 4 heteroatoms. The minimum absolute atomic E-state index is 0.0171. The highest BCUT2D eigenvalue weighted by atomic mass is 16.5. The van der Waals surface area contributed by atoms with Crippen LogP contribution in [-0.4, -0.2) is 30.3 Å². The van der Waals surface area contributed by atoms with Gasteiger partial charge in [-0.1, -0.05) is 18.2 Å². The van der Waals surface area contributed by atoms with Crippen LogP contribution in [0.1, 0.15) is 26.2 Å². The molecule has 0 saturated carbocycles. The minimum Gasteiger partial charge on any atom is -0.493 e. The fourth-order valence-electron chi connectivity index (χ4n) is 1.49. The molecule has 1 aromatic carbocycles. The maximum Gasteiger partial charge on any atom is 0.223 e. The van der Waals surface area contributed by atoms with Gasteiger partial charge in [0.15, 0.2) is 0 Å². The van der Waals surface area contributed by atoms with Crippen molar-refractivity contribution in [3.8, 4) is 5.75 Å². The molecular formula is C14H21NO3. The summed E-state index contributed by atoms with van der Waals surface area (Å²) >= 11 is 0. The van der Waals surface area contributed by atoms with Crippen LogP contribution in [0.4, 0.5) is 0 Å². The average Bonchev–Trinajstić information content (AvgIpc) is 2.36. The van der Waals surface area contributed by atoms with Crippen LogP contribution < -0.4 is 10.1 Å². The van der Waals surface area contributed by atoms with Crippen LogP contribution in [0.2, 0.25) is 0 Å². The summed E-state index contributed by atoms with van der Waals surface area (Å²) in [6.45, 7) is 2.73. The Morgan fingerprint density at radius 1 is 1.39 bits per heavy atom. The van der Waals surface area contributed by atoms with Crippen LogP contribution in [0.25, 0.3) is 0 Å². The first-order valence-electron chi connectivity index (χ1n) is 6.31. The second kappa shape index (κ2) is 8.53. The van der Waals surface area contributed by atoms with Crippen molar-refractivity contribution in [2.75, 3.05) is 13.2 Å². The molecule has 0 aliphatic carbocycles. The zero-order valence-electron chi connectivity index (χ0n) is 10.8. The van der Waals surface area contributed by atoms with Gasteiger partial charge in [0.05, 0.1) is 19.1 Å². The van der Waals surface area contributed by atoms with Crippen molar-refractivity contribution in [2.24, 2.45) is 0 Å². The molecule has 0 bridgehead atoms. The largest absolute Gasteiger partial charge is 0.493 e. The summed E-state index contributed by atoms with van der Waals surface area (Å²) in [6, 6.07) is 9.43. The van der Waals surface area contributed by atoms with E-state index in [4.69, 9.17) is 9.84 Å². The molecule has 1 unspecified atom stereocenters. The molecule has 0 fully saturated rings. The number of aliphatic hydroxyl groups excluding tert-OH is 1. The number of hydrogen-bond donors (Lipinski definition) is 2. The maximum absolute atomic E-state index is 11.4. The van der Waals surface area contributed by atoms with Gasteiger partial charge in [-0.3, -0.25) is 4.79 Å². The number of amides is 1. The van der Waals surface area contributed by atoms with E-state index in [0.717, 1.165) is 12.2 Å². The van der Waals surface area contributed by atoms with Gasteiger partial charge in [0.1, 0.15) is 5.75 Å². The van der Waals surface area contributed by atoms with Gasteiger partial charge in [-0.2, -0.15) is 0 Å². The van der Waals surface area contributed by atoms with E-state index in [9.17, 15) is 4.79 Å². The molecule has 0 saturated heterocycles. The van der Waals surface area contributed by atoms with Crippen molar-refractivity contribution in [2.45, 2.75) is 32.3 Å². The summed E-state index contributed by atoms with van der Waals surface area (Å²) in [4.78, 5) is 11.4. The van der Waals surface area contributed by atoms with Crippen molar-refractivity contribution < 1.29 is 14.6 Å². The molecule has 4 nitrogen and oxygen atoms in total. The Labute approximate surface area is 108 Å². The Balaban J connectivity index is 2.03. The maximum atomic E-state index is 11.4. The van der Waals surface area contributed by atoms with Crippen molar-refractivity contribution in [3.63, 3.8) is 0 Å². The summed E-state index contributed by atoms with van der Waals surface area (Å²) in [5, 5.41) is 11.8. The number of hydrogen-bond acceptors (Lipinski definition) is 3. The third-order valence-corrected chi connectivity index (χ3v) is 2.46. The topological polar surface area (TPSA) is 58.6 Å². The molecule has 0 aliphatic rings. The van der Waals surface area contributed by atoms with Crippen molar-refractivity contribution >= 4 is 5.91 Å². The van der Waals surface area contributed by atoms with Crippen LogP contribution in [-0.2, 0) is 4.79 Å². The van der Waals surface area contributed by atoms with Crippen LogP contribution in [0.3, 0.4) is 0 Å². The fourth-order valence-corrected chi connectivity index (χ4v) is 1.49.